The van der Waals surface area contributed by atoms with Crippen molar-refractivity contribution in [3.63, 3.8) is 0 Å². The van der Waals surface area contributed by atoms with Crippen molar-refractivity contribution >= 4 is 5.91 Å². The van der Waals surface area contributed by atoms with Crippen molar-refractivity contribution in [1.29, 1.82) is 0 Å². The quantitative estimate of drug-likeness (QED) is 0.863. The summed E-state index contributed by atoms with van der Waals surface area (Å²) in [5, 5.41) is 0. The molecule has 0 N–H and O–H groups in total. The monoisotopic (exact) mass is 284 g/mol. The van der Waals surface area contributed by atoms with Crippen LogP contribution in [0.25, 0.3) is 0 Å². The van der Waals surface area contributed by atoms with E-state index in [1.807, 2.05) is 12.1 Å². The number of aromatic nitrogens is 1. The third-order valence-corrected chi connectivity index (χ3v) is 3.45. The first-order valence-corrected chi connectivity index (χ1v) is 6.78. The van der Waals surface area contributed by atoms with Gasteiger partial charge < -0.3 is 14.4 Å². The molecule has 1 aromatic heterocycles. The van der Waals surface area contributed by atoms with Crippen LogP contribution >= 0.6 is 0 Å². The van der Waals surface area contributed by atoms with E-state index in [-0.39, 0.29) is 12.7 Å². The van der Waals surface area contributed by atoms with E-state index >= 15 is 0 Å². The van der Waals surface area contributed by atoms with Gasteiger partial charge in [0, 0.05) is 31.5 Å². The standard InChI is InChI=1S/C16H16N2O3/c1-18(9-6-12-4-7-17-8-5-12)16(19)13-2-3-14-15(10-13)21-11-20-14/h2-5,7-8,10H,6,9,11H2,1H3. The number of rotatable bonds is 4. The third-order valence-electron chi connectivity index (χ3n) is 3.45. The summed E-state index contributed by atoms with van der Waals surface area (Å²) in [7, 11) is 1.80. The molecular formula is C16H16N2O3. The van der Waals surface area contributed by atoms with Gasteiger partial charge in [-0.15, -0.1) is 0 Å². The number of pyridine rings is 1. The van der Waals surface area contributed by atoms with E-state index in [2.05, 4.69) is 4.98 Å². The first-order chi connectivity index (χ1) is 10.2. The summed E-state index contributed by atoms with van der Waals surface area (Å²) >= 11 is 0. The van der Waals surface area contributed by atoms with E-state index in [0.29, 0.717) is 23.6 Å². The highest BCUT2D eigenvalue weighted by atomic mass is 16.7. The molecule has 3 rings (SSSR count). The van der Waals surface area contributed by atoms with Gasteiger partial charge in [-0.2, -0.15) is 0 Å². The lowest BCUT2D eigenvalue weighted by Gasteiger charge is -2.17. The first-order valence-electron chi connectivity index (χ1n) is 6.78. The number of hydrogen-bond donors (Lipinski definition) is 0. The Labute approximate surface area is 123 Å². The van der Waals surface area contributed by atoms with E-state index in [1.165, 1.54) is 0 Å². The predicted molar refractivity (Wildman–Crippen MR) is 77.5 cm³/mol. The van der Waals surface area contributed by atoms with Crippen molar-refractivity contribution in [2.75, 3.05) is 20.4 Å². The fraction of sp³-hybridized carbons (Fsp3) is 0.250. The van der Waals surface area contributed by atoms with Gasteiger partial charge in [-0.1, -0.05) is 0 Å². The Bertz CT molecular complexity index is 643. The Hall–Kier alpha value is -2.56. The minimum atomic E-state index is -0.0256. The second-order valence-electron chi connectivity index (χ2n) is 4.90. The molecule has 108 valence electrons. The van der Waals surface area contributed by atoms with Crippen LogP contribution in [0.5, 0.6) is 11.5 Å². The zero-order valence-corrected chi connectivity index (χ0v) is 11.8. The molecular weight excluding hydrogens is 268 g/mol. The maximum absolute atomic E-state index is 12.4. The number of hydrogen-bond acceptors (Lipinski definition) is 4. The van der Waals surface area contributed by atoms with E-state index in [4.69, 9.17) is 9.47 Å². The summed E-state index contributed by atoms with van der Waals surface area (Å²) in [6.45, 7) is 0.863. The molecule has 2 heterocycles. The zero-order valence-electron chi connectivity index (χ0n) is 11.8. The molecule has 0 aliphatic carbocycles. The Morgan fingerprint density at radius 1 is 1.19 bits per heavy atom. The minimum absolute atomic E-state index is 0.0256. The van der Waals surface area contributed by atoms with Gasteiger partial charge in [-0.25, -0.2) is 0 Å². The number of ether oxygens (including phenoxy) is 2. The number of benzene rings is 1. The van der Waals surface area contributed by atoms with E-state index < -0.39 is 0 Å². The van der Waals surface area contributed by atoms with Crippen LogP contribution in [0.4, 0.5) is 0 Å². The number of likely N-dealkylation sites (N-methyl/N-ethyl adjacent to an activating group) is 1. The zero-order chi connectivity index (χ0) is 14.7. The minimum Gasteiger partial charge on any atom is -0.454 e. The topological polar surface area (TPSA) is 51.7 Å². The molecule has 5 nitrogen and oxygen atoms in total. The largest absolute Gasteiger partial charge is 0.454 e. The Kier molecular flexibility index (Phi) is 3.73. The molecule has 1 aliphatic rings. The predicted octanol–water partition coefficient (Wildman–Crippen LogP) is 2.12. The fourth-order valence-corrected chi connectivity index (χ4v) is 2.20. The van der Waals surface area contributed by atoms with Gasteiger partial charge in [-0.3, -0.25) is 9.78 Å². The lowest BCUT2D eigenvalue weighted by molar-refractivity contribution is 0.0796. The van der Waals surface area contributed by atoms with Crippen LogP contribution in [0.3, 0.4) is 0 Å². The molecule has 1 amide bonds. The van der Waals surface area contributed by atoms with Crippen molar-refractivity contribution in [2.24, 2.45) is 0 Å². The first kappa shape index (κ1) is 13.4. The molecule has 0 radical (unpaired) electrons. The van der Waals surface area contributed by atoms with Gasteiger partial charge in [0.2, 0.25) is 6.79 Å². The number of nitrogens with zero attached hydrogens (tertiary/aromatic N) is 2. The van der Waals surface area contributed by atoms with E-state index in [0.717, 1.165) is 12.0 Å². The van der Waals surface area contributed by atoms with Gasteiger partial charge in [0.15, 0.2) is 11.5 Å². The van der Waals surface area contributed by atoms with Crippen molar-refractivity contribution in [3.8, 4) is 11.5 Å². The highest BCUT2D eigenvalue weighted by Gasteiger charge is 2.18. The average molecular weight is 284 g/mol. The molecule has 1 aliphatic heterocycles. The molecule has 2 aromatic rings. The average Bonchev–Trinajstić information content (AvgIpc) is 3.00. The van der Waals surface area contributed by atoms with Gasteiger partial charge in [0.25, 0.3) is 5.91 Å². The Balaban J connectivity index is 1.64. The van der Waals surface area contributed by atoms with Crippen molar-refractivity contribution in [2.45, 2.75) is 6.42 Å². The Morgan fingerprint density at radius 3 is 2.76 bits per heavy atom. The molecule has 21 heavy (non-hydrogen) atoms. The molecule has 0 bridgehead atoms. The number of carbonyl (C=O) groups excluding carboxylic acids is 1. The van der Waals surface area contributed by atoms with Crippen LogP contribution in [-0.2, 0) is 6.42 Å². The van der Waals surface area contributed by atoms with E-state index in [1.54, 1.807) is 42.5 Å². The molecule has 5 heteroatoms. The molecule has 0 fully saturated rings. The van der Waals surface area contributed by atoms with Crippen molar-refractivity contribution < 1.29 is 14.3 Å². The van der Waals surface area contributed by atoms with Crippen molar-refractivity contribution in [3.05, 3.63) is 53.9 Å². The van der Waals surface area contributed by atoms with Crippen LogP contribution in [-0.4, -0.2) is 36.2 Å². The van der Waals surface area contributed by atoms with Gasteiger partial charge >= 0.3 is 0 Å². The Morgan fingerprint density at radius 2 is 1.95 bits per heavy atom. The van der Waals surface area contributed by atoms with Crippen molar-refractivity contribution in [1.82, 2.24) is 9.88 Å². The summed E-state index contributed by atoms with van der Waals surface area (Å²) in [6.07, 6.45) is 4.32. The molecule has 1 aromatic carbocycles. The second kappa shape index (κ2) is 5.83. The van der Waals surface area contributed by atoms with Crippen LogP contribution in [0, 0.1) is 0 Å². The smallest absolute Gasteiger partial charge is 0.253 e. The summed E-state index contributed by atoms with van der Waals surface area (Å²) in [5.41, 5.74) is 1.77. The van der Waals surface area contributed by atoms with Crippen LogP contribution in [0.2, 0.25) is 0 Å². The molecule has 0 unspecified atom stereocenters. The highest BCUT2D eigenvalue weighted by Crippen LogP contribution is 2.32. The third kappa shape index (κ3) is 2.97. The van der Waals surface area contributed by atoms with E-state index in [9.17, 15) is 4.79 Å². The maximum atomic E-state index is 12.4. The summed E-state index contributed by atoms with van der Waals surface area (Å²) in [6, 6.07) is 9.18. The van der Waals surface area contributed by atoms with Gasteiger partial charge in [-0.05, 0) is 42.3 Å². The molecule has 0 saturated heterocycles. The number of carbonyl (C=O) groups is 1. The lowest BCUT2D eigenvalue weighted by Crippen LogP contribution is -2.28. The number of fused-ring (bicyclic) bond motifs is 1. The SMILES string of the molecule is CN(CCc1ccncc1)C(=O)c1ccc2c(c1)OCO2. The van der Waals surface area contributed by atoms with Gasteiger partial charge in [0.05, 0.1) is 0 Å². The number of amides is 1. The summed E-state index contributed by atoms with van der Waals surface area (Å²) < 4.78 is 10.5. The summed E-state index contributed by atoms with van der Waals surface area (Å²) in [4.78, 5) is 18.1. The molecule has 0 saturated carbocycles. The summed E-state index contributed by atoms with van der Waals surface area (Å²) in [5.74, 6) is 1.29. The normalized spacial score (nSPS) is 12.2. The lowest BCUT2D eigenvalue weighted by atomic mass is 10.1. The van der Waals surface area contributed by atoms with Crippen LogP contribution in [0.1, 0.15) is 15.9 Å². The molecule has 0 spiro atoms. The van der Waals surface area contributed by atoms with Crippen LogP contribution in [0.15, 0.2) is 42.7 Å². The van der Waals surface area contributed by atoms with Gasteiger partial charge in [0.1, 0.15) is 0 Å². The fourth-order valence-electron chi connectivity index (χ4n) is 2.20. The molecule has 0 atom stereocenters. The maximum Gasteiger partial charge on any atom is 0.253 e. The van der Waals surface area contributed by atoms with Crippen LogP contribution < -0.4 is 9.47 Å². The second-order valence-corrected chi connectivity index (χ2v) is 4.90. The highest BCUT2D eigenvalue weighted by molar-refractivity contribution is 5.94.